The molecule has 2 rings (SSSR count). The standard InChI is InChI=1S/C14H19NO5S/c1-3-10-6-11(13(21-10)14(17)18)20-8-12(16)15-4-5-19-9(2)7-15/h6,9H,3-5,7-8H2,1-2H3,(H,17,18). The number of aryl methyl sites for hydroxylation is 1. The Kier molecular flexibility index (Phi) is 5.19. The van der Waals surface area contributed by atoms with Crippen LogP contribution in [-0.4, -0.2) is 54.3 Å². The van der Waals surface area contributed by atoms with E-state index in [1.165, 1.54) is 11.3 Å². The average Bonchev–Trinajstić information content (AvgIpc) is 2.88. The Labute approximate surface area is 127 Å². The molecule has 0 radical (unpaired) electrons. The average molecular weight is 313 g/mol. The second-order valence-electron chi connectivity index (χ2n) is 4.87. The maximum absolute atomic E-state index is 12.1. The number of carboxylic acids is 1. The quantitative estimate of drug-likeness (QED) is 0.894. The predicted octanol–water partition coefficient (Wildman–Crippen LogP) is 1.63. The highest BCUT2D eigenvalue weighted by Gasteiger charge is 2.23. The molecule has 6 nitrogen and oxygen atoms in total. The van der Waals surface area contributed by atoms with Crippen molar-refractivity contribution in [2.45, 2.75) is 26.4 Å². The molecular formula is C14H19NO5S. The highest BCUT2D eigenvalue weighted by molar-refractivity contribution is 7.14. The molecule has 21 heavy (non-hydrogen) atoms. The summed E-state index contributed by atoms with van der Waals surface area (Å²) in [5.41, 5.74) is 0. The summed E-state index contributed by atoms with van der Waals surface area (Å²) in [5.74, 6) is -0.896. The number of rotatable bonds is 5. The Morgan fingerprint density at radius 1 is 1.57 bits per heavy atom. The molecular weight excluding hydrogens is 294 g/mol. The summed E-state index contributed by atoms with van der Waals surface area (Å²) < 4.78 is 10.8. The van der Waals surface area contributed by atoms with Crippen molar-refractivity contribution >= 4 is 23.2 Å². The van der Waals surface area contributed by atoms with Crippen molar-refractivity contribution < 1.29 is 24.2 Å². The van der Waals surface area contributed by atoms with Crippen LogP contribution in [0.5, 0.6) is 5.75 Å². The van der Waals surface area contributed by atoms with Gasteiger partial charge in [-0.3, -0.25) is 4.79 Å². The van der Waals surface area contributed by atoms with Crippen LogP contribution >= 0.6 is 11.3 Å². The van der Waals surface area contributed by atoms with Crippen molar-refractivity contribution in [3.05, 3.63) is 15.8 Å². The SMILES string of the molecule is CCc1cc(OCC(=O)N2CCOC(C)C2)c(C(=O)O)s1. The van der Waals surface area contributed by atoms with Gasteiger partial charge in [0.1, 0.15) is 5.75 Å². The Bertz CT molecular complexity index is 527. The molecule has 1 aromatic heterocycles. The second kappa shape index (κ2) is 6.91. The third-order valence-electron chi connectivity index (χ3n) is 3.24. The van der Waals surface area contributed by atoms with E-state index in [0.717, 1.165) is 11.3 Å². The zero-order valence-corrected chi connectivity index (χ0v) is 12.9. The van der Waals surface area contributed by atoms with Gasteiger partial charge in [-0.15, -0.1) is 11.3 Å². The first-order chi connectivity index (χ1) is 10.0. The third kappa shape index (κ3) is 3.95. The molecule has 0 aromatic carbocycles. The molecule has 7 heteroatoms. The molecule has 2 heterocycles. The molecule has 1 aliphatic heterocycles. The lowest BCUT2D eigenvalue weighted by Gasteiger charge is -2.31. The molecule has 1 aliphatic rings. The lowest BCUT2D eigenvalue weighted by molar-refractivity contribution is -0.140. The van der Waals surface area contributed by atoms with Crippen LogP contribution in [0, 0.1) is 0 Å². The first-order valence-electron chi connectivity index (χ1n) is 6.89. The molecule has 116 valence electrons. The van der Waals surface area contributed by atoms with Crippen LogP contribution in [0.4, 0.5) is 0 Å². The van der Waals surface area contributed by atoms with Crippen molar-refractivity contribution in [1.29, 1.82) is 0 Å². The van der Waals surface area contributed by atoms with Crippen molar-refractivity contribution in [3.8, 4) is 5.75 Å². The number of aromatic carboxylic acids is 1. The second-order valence-corrected chi connectivity index (χ2v) is 6.01. The van der Waals surface area contributed by atoms with E-state index in [9.17, 15) is 9.59 Å². The lowest BCUT2D eigenvalue weighted by Crippen LogP contribution is -2.46. The van der Waals surface area contributed by atoms with E-state index < -0.39 is 5.97 Å². The molecule has 0 spiro atoms. The maximum Gasteiger partial charge on any atom is 0.349 e. The zero-order chi connectivity index (χ0) is 15.4. The molecule has 0 saturated carbocycles. The Morgan fingerprint density at radius 3 is 2.95 bits per heavy atom. The van der Waals surface area contributed by atoms with Gasteiger partial charge in [-0.05, 0) is 19.4 Å². The largest absolute Gasteiger partial charge is 0.482 e. The first-order valence-corrected chi connectivity index (χ1v) is 7.71. The number of morpholine rings is 1. The van der Waals surface area contributed by atoms with Crippen LogP contribution in [0.25, 0.3) is 0 Å². The number of ether oxygens (including phenoxy) is 2. The van der Waals surface area contributed by atoms with Crippen LogP contribution in [0.15, 0.2) is 6.07 Å². The molecule has 1 N–H and O–H groups in total. The van der Waals surface area contributed by atoms with Crippen LogP contribution in [0.3, 0.4) is 0 Å². The molecule has 1 atom stereocenters. The third-order valence-corrected chi connectivity index (χ3v) is 4.49. The van der Waals surface area contributed by atoms with Gasteiger partial charge in [0.25, 0.3) is 5.91 Å². The van der Waals surface area contributed by atoms with Gasteiger partial charge in [-0.25, -0.2) is 4.79 Å². The summed E-state index contributed by atoms with van der Waals surface area (Å²) in [5, 5.41) is 9.14. The van der Waals surface area contributed by atoms with E-state index in [2.05, 4.69) is 0 Å². The maximum atomic E-state index is 12.1. The Balaban J connectivity index is 1.97. The van der Waals surface area contributed by atoms with Crippen molar-refractivity contribution in [2.75, 3.05) is 26.3 Å². The van der Waals surface area contributed by atoms with Crippen molar-refractivity contribution in [2.24, 2.45) is 0 Å². The number of carbonyl (C=O) groups excluding carboxylic acids is 1. The van der Waals surface area contributed by atoms with E-state index in [-0.39, 0.29) is 29.2 Å². The van der Waals surface area contributed by atoms with E-state index in [1.54, 1.807) is 11.0 Å². The lowest BCUT2D eigenvalue weighted by atomic mass is 10.3. The summed E-state index contributed by atoms with van der Waals surface area (Å²) >= 11 is 1.19. The summed E-state index contributed by atoms with van der Waals surface area (Å²) in [6.07, 6.45) is 0.758. The normalized spacial score (nSPS) is 18.6. The number of hydrogen-bond donors (Lipinski definition) is 1. The van der Waals surface area contributed by atoms with Gasteiger partial charge in [0.2, 0.25) is 0 Å². The molecule has 1 aromatic rings. The van der Waals surface area contributed by atoms with Crippen molar-refractivity contribution in [1.82, 2.24) is 4.90 Å². The minimum atomic E-state index is -1.03. The van der Waals surface area contributed by atoms with Gasteiger partial charge < -0.3 is 19.5 Å². The molecule has 1 saturated heterocycles. The smallest absolute Gasteiger partial charge is 0.349 e. The van der Waals surface area contributed by atoms with Crippen LogP contribution in [0.1, 0.15) is 28.4 Å². The number of carbonyl (C=O) groups is 2. The van der Waals surface area contributed by atoms with Crippen LogP contribution in [0.2, 0.25) is 0 Å². The monoisotopic (exact) mass is 313 g/mol. The van der Waals surface area contributed by atoms with Gasteiger partial charge in [-0.2, -0.15) is 0 Å². The number of amides is 1. The molecule has 0 aliphatic carbocycles. The van der Waals surface area contributed by atoms with Crippen LogP contribution < -0.4 is 4.74 Å². The highest BCUT2D eigenvalue weighted by atomic mass is 32.1. The van der Waals surface area contributed by atoms with Gasteiger partial charge in [-0.1, -0.05) is 6.92 Å². The predicted molar refractivity (Wildman–Crippen MR) is 78.1 cm³/mol. The molecule has 1 fully saturated rings. The minimum absolute atomic E-state index is 0.0186. The van der Waals surface area contributed by atoms with Crippen LogP contribution in [-0.2, 0) is 16.0 Å². The van der Waals surface area contributed by atoms with E-state index >= 15 is 0 Å². The fraction of sp³-hybridized carbons (Fsp3) is 0.571. The fourth-order valence-electron chi connectivity index (χ4n) is 2.13. The fourth-order valence-corrected chi connectivity index (χ4v) is 3.01. The minimum Gasteiger partial charge on any atom is -0.482 e. The highest BCUT2D eigenvalue weighted by Crippen LogP contribution is 2.29. The Hall–Kier alpha value is -1.60. The molecule has 0 bridgehead atoms. The number of carboxylic acid groups (broad SMARTS) is 1. The summed E-state index contributed by atoms with van der Waals surface area (Å²) in [6, 6.07) is 1.70. The van der Waals surface area contributed by atoms with E-state index in [0.29, 0.717) is 19.7 Å². The summed E-state index contributed by atoms with van der Waals surface area (Å²) in [4.78, 5) is 26.0. The van der Waals surface area contributed by atoms with Gasteiger partial charge in [0.05, 0.1) is 12.7 Å². The van der Waals surface area contributed by atoms with E-state index in [1.807, 2.05) is 13.8 Å². The number of nitrogens with zero attached hydrogens (tertiary/aromatic N) is 1. The topological polar surface area (TPSA) is 76.1 Å². The number of thiophene rings is 1. The molecule has 1 unspecified atom stereocenters. The summed E-state index contributed by atoms with van der Waals surface area (Å²) in [7, 11) is 0. The molecule has 1 amide bonds. The van der Waals surface area contributed by atoms with E-state index in [4.69, 9.17) is 14.6 Å². The van der Waals surface area contributed by atoms with Gasteiger partial charge >= 0.3 is 5.97 Å². The van der Waals surface area contributed by atoms with Crippen molar-refractivity contribution in [3.63, 3.8) is 0 Å². The zero-order valence-electron chi connectivity index (χ0n) is 12.1. The van der Waals surface area contributed by atoms with Gasteiger partial charge in [0, 0.05) is 18.0 Å². The summed E-state index contributed by atoms with van der Waals surface area (Å²) in [6.45, 7) is 5.31. The first kappa shape index (κ1) is 15.8. The van der Waals surface area contributed by atoms with Gasteiger partial charge in [0.15, 0.2) is 11.5 Å². The Morgan fingerprint density at radius 2 is 2.33 bits per heavy atom. The number of hydrogen-bond acceptors (Lipinski definition) is 5.